The maximum atomic E-state index is 11.9. The third kappa shape index (κ3) is 4.29. The third-order valence-corrected chi connectivity index (χ3v) is 4.66. The molecule has 0 spiro atoms. The number of nitrogens with one attached hydrogen (secondary N) is 1. The van der Waals surface area contributed by atoms with Gasteiger partial charge in [0, 0.05) is 4.47 Å². The Morgan fingerprint density at radius 1 is 1.25 bits per heavy atom. The fraction of sp³-hybridized carbons (Fsp3) is 0.625. The molecule has 8 heteroatoms. The van der Waals surface area contributed by atoms with E-state index in [1.807, 2.05) is 27.7 Å². The van der Waals surface area contributed by atoms with Gasteiger partial charge >= 0.3 is 13.2 Å². The van der Waals surface area contributed by atoms with Crippen LogP contribution in [0.4, 0.5) is 10.5 Å². The summed E-state index contributed by atoms with van der Waals surface area (Å²) in [5.41, 5.74) is -0.273. The van der Waals surface area contributed by atoms with Gasteiger partial charge in [-0.1, -0.05) is 0 Å². The van der Waals surface area contributed by atoms with Gasteiger partial charge in [0.15, 0.2) is 0 Å². The zero-order valence-electron chi connectivity index (χ0n) is 15.2. The van der Waals surface area contributed by atoms with Crippen LogP contribution in [0.5, 0.6) is 0 Å². The molecule has 0 radical (unpaired) electrons. The van der Waals surface area contributed by atoms with Crippen molar-refractivity contribution in [2.24, 2.45) is 0 Å². The van der Waals surface area contributed by atoms with Crippen LogP contribution >= 0.6 is 15.9 Å². The molecule has 0 atom stereocenters. The van der Waals surface area contributed by atoms with E-state index in [9.17, 15) is 4.79 Å². The Morgan fingerprint density at radius 3 is 2.25 bits per heavy atom. The summed E-state index contributed by atoms with van der Waals surface area (Å²) in [6.45, 7) is 13.4. The standard InChI is InChI=1S/C16H24BBrN2O4/c1-14(2,3)22-13(21)20-11-9-19-12(8-10(11)18)17-23-15(4,5)16(6,7)24-17/h8-9H,1-7H3,(H,20,21). The highest BCUT2D eigenvalue weighted by Gasteiger charge is 2.52. The van der Waals surface area contributed by atoms with Gasteiger partial charge in [0.2, 0.25) is 0 Å². The first-order valence-corrected chi connectivity index (χ1v) is 8.61. The number of pyridine rings is 1. The predicted molar refractivity (Wildman–Crippen MR) is 97.5 cm³/mol. The number of amides is 1. The number of carbonyl (C=O) groups is 1. The smallest absolute Gasteiger partial charge is 0.444 e. The van der Waals surface area contributed by atoms with E-state index >= 15 is 0 Å². The Hall–Kier alpha value is -1.12. The van der Waals surface area contributed by atoms with Gasteiger partial charge in [-0.2, -0.15) is 0 Å². The first-order valence-electron chi connectivity index (χ1n) is 7.82. The van der Waals surface area contributed by atoms with Crippen LogP contribution in [0.25, 0.3) is 0 Å². The van der Waals surface area contributed by atoms with Crippen molar-refractivity contribution in [3.8, 4) is 0 Å². The Kier molecular flexibility index (Phi) is 5.05. The van der Waals surface area contributed by atoms with Crippen LogP contribution in [-0.4, -0.2) is 35.0 Å². The third-order valence-electron chi connectivity index (χ3n) is 4.00. The van der Waals surface area contributed by atoms with E-state index in [1.165, 1.54) is 0 Å². The molecule has 0 aliphatic carbocycles. The molecule has 1 N–H and O–H groups in total. The van der Waals surface area contributed by atoms with Crippen LogP contribution in [0.3, 0.4) is 0 Å². The molecule has 0 saturated carbocycles. The predicted octanol–water partition coefficient (Wildman–Crippen LogP) is 3.49. The maximum Gasteiger partial charge on any atom is 0.514 e. The summed E-state index contributed by atoms with van der Waals surface area (Å²) in [7, 11) is -0.554. The zero-order valence-corrected chi connectivity index (χ0v) is 16.8. The lowest BCUT2D eigenvalue weighted by atomic mass is 9.84. The van der Waals surface area contributed by atoms with Crippen molar-refractivity contribution in [1.82, 2.24) is 4.98 Å². The number of halogens is 1. The van der Waals surface area contributed by atoms with Gasteiger partial charge in [-0.25, -0.2) is 4.79 Å². The van der Waals surface area contributed by atoms with Crippen LogP contribution in [0.15, 0.2) is 16.7 Å². The molecule has 1 saturated heterocycles. The molecule has 132 valence electrons. The van der Waals surface area contributed by atoms with Crippen LogP contribution in [0, 0.1) is 0 Å². The van der Waals surface area contributed by atoms with Crippen molar-refractivity contribution in [1.29, 1.82) is 0 Å². The second kappa shape index (κ2) is 6.31. The zero-order chi connectivity index (χ0) is 18.3. The molecule has 2 rings (SSSR count). The highest BCUT2D eigenvalue weighted by molar-refractivity contribution is 9.10. The maximum absolute atomic E-state index is 11.9. The monoisotopic (exact) mass is 398 g/mol. The molecule has 1 aliphatic heterocycles. The second-order valence-electron chi connectivity index (χ2n) is 7.80. The van der Waals surface area contributed by atoms with Gasteiger partial charge < -0.3 is 14.0 Å². The summed E-state index contributed by atoms with van der Waals surface area (Å²) in [6.07, 6.45) is 1.02. The van der Waals surface area contributed by atoms with Gasteiger partial charge in [0.25, 0.3) is 0 Å². The molecule has 1 aromatic rings. The molecule has 1 aromatic heterocycles. The van der Waals surface area contributed by atoms with Crippen molar-refractivity contribution in [3.05, 3.63) is 16.7 Å². The molecule has 1 aliphatic rings. The van der Waals surface area contributed by atoms with Gasteiger partial charge in [-0.05, 0) is 70.5 Å². The van der Waals surface area contributed by atoms with Gasteiger partial charge in [-0.3, -0.25) is 10.3 Å². The summed E-state index contributed by atoms with van der Waals surface area (Å²) in [5.74, 6) is 0. The van der Waals surface area contributed by atoms with E-state index in [0.717, 1.165) is 0 Å². The minimum atomic E-state index is -0.563. The summed E-state index contributed by atoms with van der Waals surface area (Å²) in [6, 6.07) is 1.77. The molecule has 0 unspecified atom stereocenters. The average Bonchev–Trinajstić information content (AvgIpc) is 2.58. The van der Waals surface area contributed by atoms with Crippen molar-refractivity contribution in [3.63, 3.8) is 0 Å². The van der Waals surface area contributed by atoms with Crippen LogP contribution in [0.1, 0.15) is 48.5 Å². The SMILES string of the molecule is CC(C)(C)OC(=O)Nc1cnc(B2OC(C)(C)C(C)(C)O2)cc1Br. The first-order chi connectivity index (χ1) is 10.8. The summed E-state index contributed by atoms with van der Waals surface area (Å²) in [5, 5.41) is 2.66. The number of nitrogens with zero attached hydrogens (tertiary/aromatic N) is 1. The van der Waals surface area contributed by atoms with Gasteiger partial charge in [0.05, 0.1) is 28.7 Å². The Labute approximate surface area is 151 Å². The van der Waals surface area contributed by atoms with Crippen molar-refractivity contribution < 1.29 is 18.8 Å². The van der Waals surface area contributed by atoms with E-state index in [0.29, 0.717) is 15.8 Å². The summed E-state index contributed by atoms with van der Waals surface area (Å²) >= 11 is 3.44. The largest absolute Gasteiger partial charge is 0.514 e. The molecule has 24 heavy (non-hydrogen) atoms. The Bertz CT molecular complexity index is 627. The van der Waals surface area contributed by atoms with E-state index in [1.54, 1.807) is 33.0 Å². The van der Waals surface area contributed by atoms with Crippen LogP contribution < -0.4 is 10.9 Å². The first kappa shape index (κ1) is 19.2. The quantitative estimate of drug-likeness (QED) is 0.772. The van der Waals surface area contributed by atoms with Crippen molar-refractivity contribution in [2.45, 2.75) is 65.3 Å². The molecule has 1 fully saturated rings. The lowest BCUT2D eigenvalue weighted by Crippen LogP contribution is -2.41. The molecule has 2 heterocycles. The van der Waals surface area contributed by atoms with E-state index in [-0.39, 0.29) is 0 Å². The highest BCUT2D eigenvalue weighted by atomic mass is 79.9. The van der Waals surface area contributed by atoms with Crippen LogP contribution in [0.2, 0.25) is 0 Å². The minimum absolute atomic E-state index is 0.431. The molecular weight excluding hydrogens is 375 g/mol. The normalized spacial score (nSPS) is 19.2. The minimum Gasteiger partial charge on any atom is -0.444 e. The average molecular weight is 399 g/mol. The highest BCUT2D eigenvalue weighted by Crippen LogP contribution is 2.36. The van der Waals surface area contributed by atoms with E-state index in [4.69, 9.17) is 14.0 Å². The molecule has 6 nitrogen and oxygen atoms in total. The van der Waals surface area contributed by atoms with Gasteiger partial charge in [-0.15, -0.1) is 0 Å². The van der Waals surface area contributed by atoms with E-state index in [2.05, 4.69) is 26.2 Å². The fourth-order valence-corrected chi connectivity index (χ4v) is 2.48. The Balaban J connectivity index is 2.12. The molecule has 0 aromatic carbocycles. The Morgan fingerprint density at radius 2 is 1.79 bits per heavy atom. The lowest BCUT2D eigenvalue weighted by molar-refractivity contribution is 0.00578. The number of rotatable bonds is 2. The number of anilines is 1. The summed E-state index contributed by atoms with van der Waals surface area (Å²) < 4.78 is 17.9. The topological polar surface area (TPSA) is 69.7 Å². The number of ether oxygens (including phenoxy) is 1. The molecule has 0 bridgehead atoms. The number of aromatic nitrogens is 1. The van der Waals surface area contributed by atoms with Gasteiger partial charge in [0.1, 0.15) is 5.60 Å². The van der Waals surface area contributed by atoms with Crippen molar-refractivity contribution in [2.75, 3.05) is 5.32 Å². The molecular formula is C16H24BBrN2O4. The van der Waals surface area contributed by atoms with Crippen molar-refractivity contribution >= 4 is 40.4 Å². The lowest BCUT2D eigenvalue weighted by Gasteiger charge is -2.32. The summed E-state index contributed by atoms with van der Waals surface area (Å²) in [4.78, 5) is 16.2. The number of hydrogen-bond donors (Lipinski definition) is 1. The number of carbonyl (C=O) groups excluding carboxylic acids is 1. The second-order valence-corrected chi connectivity index (χ2v) is 8.66. The van der Waals surface area contributed by atoms with Crippen LogP contribution in [-0.2, 0) is 14.0 Å². The fourth-order valence-electron chi connectivity index (χ4n) is 2.04. The number of hydrogen-bond acceptors (Lipinski definition) is 5. The van der Waals surface area contributed by atoms with E-state index < -0.39 is 30.0 Å². The molecule has 1 amide bonds.